The Morgan fingerprint density at radius 3 is 1.94 bits per heavy atom. The van der Waals surface area contributed by atoms with Gasteiger partial charge in [-0.25, -0.2) is 0 Å². The Morgan fingerprint density at radius 1 is 1.22 bits per heavy atom. The zero-order valence-electron chi connectivity index (χ0n) is 10.2. The maximum absolute atomic E-state index is 11.7. The molecule has 0 saturated carbocycles. The molecule has 0 aliphatic carbocycles. The number of non-ortho nitro benzene ring substituents is 1. The van der Waals surface area contributed by atoms with Crippen LogP contribution >= 0.6 is 7.60 Å². The molecule has 0 heterocycles. The van der Waals surface area contributed by atoms with E-state index < -0.39 is 17.7 Å². The summed E-state index contributed by atoms with van der Waals surface area (Å²) in [4.78, 5) is 29.1. The largest absolute Gasteiger partial charge is 0.335 e. The van der Waals surface area contributed by atoms with E-state index >= 15 is 0 Å². The summed E-state index contributed by atoms with van der Waals surface area (Å²) in [6.07, 6.45) is 0.539. The number of nitro groups is 1. The highest BCUT2D eigenvalue weighted by molar-refractivity contribution is 7.53. The standard InChI is InChI=1S/C11H16NO5P/c1-3-11(4-2,18(15,16)17)9-5-7-10(8-6-9)12(13)14/h5-8H,3-4H2,1-2H3,(H2,15,16,17). The van der Waals surface area contributed by atoms with E-state index in [0.717, 1.165) is 0 Å². The molecule has 0 aliphatic rings. The van der Waals surface area contributed by atoms with Crippen LogP contribution in [0.3, 0.4) is 0 Å². The average molecular weight is 273 g/mol. The van der Waals surface area contributed by atoms with E-state index in [1.165, 1.54) is 24.3 Å². The predicted octanol–water partition coefficient (Wildman–Crippen LogP) is 2.79. The van der Waals surface area contributed by atoms with Crippen LogP contribution in [-0.2, 0) is 9.72 Å². The average Bonchev–Trinajstić information content (AvgIpc) is 2.30. The van der Waals surface area contributed by atoms with Crippen LogP contribution in [0.15, 0.2) is 24.3 Å². The lowest BCUT2D eigenvalue weighted by atomic mass is 9.92. The zero-order valence-corrected chi connectivity index (χ0v) is 11.1. The van der Waals surface area contributed by atoms with Gasteiger partial charge in [-0.15, -0.1) is 0 Å². The molecule has 18 heavy (non-hydrogen) atoms. The fourth-order valence-corrected chi connectivity index (χ4v) is 3.44. The van der Waals surface area contributed by atoms with Crippen LogP contribution in [0.25, 0.3) is 0 Å². The van der Waals surface area contributed by atoms with Crippen LogP contribution in [0.2, 0.25) is 0 Å². The molecule has 0 atom stereocenters. The molecule has 0 amide bonds. The van der Waals surface area contributed by atoms with Crippen LogP contribution in [0.5, 0.6) is 0 Å². The smallest absolute Gasteiger partial charge is 0.324 e. The van der Waals surface area contributed by atoms with Crippen molar-refractivity contribution in [3.63, 3.8) is 0 Å². The van der Waals surface area contributed by atoms with Gasteiger partial charge >= 0.3 is 7.60 Å². The molecule has 0 radical (unpaired) electrons. The predicted molar refractivity (Wildman–Crippen MR) is 67.4 cm³/mol. The second-order valence-electron chi connectivity index (χ2n) is 4.09. The van der Waals surface area contributed by atoms with Crippen molar-refractivity contribution in [3.8, 4) is 0 Å². The van der Waals surface area contributed by atoms with Crippen molar-refractivity contribution >= 4 is 13.3 Å². The Bertz CT molecular complexity index is 475. The summed E-state index contributed by atoms with van der Waals surface area (Å²) >= 11 is 0. The minimum absolute atomic E-state index is 0.0921. The second kappa shape index (κ2) is 5.18. The van der Waals surface area contributed by atoms with Crippen molar-refractivity contribution in [2.24, 2.45) is 0 Å². The van der Waals surface area contributed by atoms with Crippen molar-refractivity contribution < 1.29 is 19.3 Å². The summed E-state index contributed by atoms with van der Waals surface area (Å²) in [6, 6.07) is 5.38. The minimum Gasteiger partial charge on any atom is -0.324 e. The molecule has 1 aromatic rings. The van der Waals surface area contributed by atoms with Gasteiger partial charge in [0.25, 0.3) is 5.69 Å². The quantitative estimate of drug-likeness (QED) is 0.488. The van der Waals surface area contributed by atoms with Gasteiger partial charge in [-0.05, 0) is 18.4 Å². The number of hydrogen-bond donors (Lipinski definition) is 2. The molecule has 1 aromatic carbocycles. The molecule has 6 nitrogen and oxygen atoms in total. The van der Waals surface area contributed by atoms with Crippen molar-refractivity contribution in [1.29, 1.82) is 0 Å². The normalized spacial score (nSPS) is 12.4. The van der Waals surface area contributed by atoms with Gasteiger partial charge in [-0.1, -0.05) is 26.0 Å². The first-order chi connectivity index (χ1) is 8.28. The minimum atomic E-state index is -4.34. The van der Waals surface area contributed by atoms with E-state index in [0.29, 0.717) is 5.56 Å². The highest BCUT2D eigenvalue weighted by atomic mass is 31.2. The summed E-state index contributed by atoms with van der Waals surface area (Å²) in [5, 5.41) is 9.29. The van der Waals surface area contributed by atoms with Crippen LogP contribution in [0, 0.1) is 10.1 Å². The number of hydrogen-bond acceptors (Lipinski definition) is 3. The van der Waals surface area contributed by atoms with Crippen LogP contribution in [-0.4, -0.2) is 14.7 Å². The van der Waals surface area contributed by atoms with Crippen molar-refractivity contribution in [3.05, 3.63) is 39.9 Å². The lowest BCUT2D eigenvalue weighted by molar-refractivity contribution is -0.384. The maximum Gasteiger partial charge on any atom is 0.335 e. The Labute approximate surface area is 105 Å². The molecule has 0 fully saturated rings. The van der Waals surface area contributed by atoms with Crippen LogP contribution in [0.4, 0.5) is 5.69 Å². The first-order valence-electron chi connectivity index (χ1n) is 5.59. The van der Waals surface area contributed by atoms with E-state index in [4.69, 9.17) is 0 Å². The number of rotatable bonds is 5. The maximum atomic E-state index is 11.7. The van der Waals surface area contributed by atoms with Crippen LogP contribution in [0.1, 0.15) is 32.3 Å². The van der Waals surface area contributed by atoms with Gasteiger partial charge in [0.05, 0.1) is 10.1 Å². The summed E-state index contributed by atoms with van der Waals surface area (Å²) in [6.45, 7) is 3.40. The Morgan fingerprint density at radius 2 is 1.67 bits per heavy atom. The van der Waals surface area contributed by atoms with Crippen molar-refractivity contribution in [1.82, 2.24) is 0 Å². The molecule has 0 saturated heterocycles. The molecule has 0 aromatic heterocycles. The van der Waals surface area contributed by atoms with Gasteiger partial charge in [-0.2, -0.15) is 0 Å². The monoisotopic (exact) mass is 273 g/mol. The van der Waals surface area contributed by atoms with Crippen LogP contribution < -0.4 is 0 Å². The van der Waals surface area contributed by atoms with E-state index in [9.17, 15) is 24.5 Å². The third-order valence-electron chi connectivity index (χ3n) is 3.34. The Hall–Kier alpha value is -1.23. The highest BCUT2D eigenvalue weighted by Gasteiger charge is 2.45. The summed E-state index contributed by atoms with van der Waals surface area (Å²) in [7, 11) is -4.34. The lowest BCUT2D eigenvalue weighted by Crippen LogP contribution is -2.24. The van der Waals surface area contributed by atoms with Gasteiger partial charge in [-0.3, -0.25) is 14.7 Å². The van der Waals surface area contributed by atoms with E-state index in [-0.39, 0.29) is 18.5 Å². The molecule has 0 spiro atoms. The highest BCUT2D eigenvalue weighted by Crippen LogP contribution is 2.60. The molecule has 1 rings (SSSR count). The molecule has 0 unspecified atom stereocenters. The fourth-order valence-electron chi connectivity index (χ4n) is 2.13. The molecule has 0 aliphatic heterocycles. The lowest BCUT2D eigenvalue weighted by Gasteiger charge is -2.32. The third-order valence-corrected chi connectivity index (χ3v) is 5.35. The van der Waals surface area contributed by atoms with E-state index in [2.05, 4.69) is 0 Å². The van der Waals surface area contributed by atoms with Crippen molar-refractivity contribution in [2.45, 2.75) is 31.8 Å². The van der Waals surface area contributed by atoms with E-state index in [1.54, 1.807) is 13.8 Å². The number of nitro benzene ring substituents is 1. The zero-order chi connectivity index (χ0) is 14.0. The van der Waals surface area contributed by atoms with Gasteiger partial charge in [0.15, 0.2) is 0 Å². The van der Waals surface area contributed by atoms with Gasteiger partial charge < -0.3 is 9.79 Å². The first-order valence-corrected chi connectivity index (χ1v) is 7.20. The molecule has 100 valence electrons. The molecular weight excluding hydrogens is 257 g/mol. The topological polar surface area (TPSA) is 101 Å². The van der Waals surface area contributed by atoms with E-state index in [1.807, 2.05) is 0 Å². The number of nitrogens with zero attached hydrogens (tertiary/aromatic N) is 1. The SMILES string of the molecule is CCC(CC)(c1ccc([N+](=O)[O-])cc1)P(=O)(O)O. The molecular formula is C11H16NO5P. The Balaban J connectivity index is 3.32. The summed E-state index contributed by atoms with van der Waals surface area (Å²) < 4.78 is 11.7. The number of benzene rings is 1. The van der Waals surface area contributed by atoms with Crippen molar-refractivity contribution in [2.75, 3.05) is 0 Å². The molecule has 7 heteroatoms. The van der Waals surface area contributed by atoms with Gasteiger partial charge in [0.1, 0.15) is 0 Å². The summed E-state index contributed by atoms with van der Waals surface area (Å²) in [5.41, 5.74) is 0.344. The Kier molecular flexibility index (Phi) is 4.27. The first kappa shape index (κ1) is 14.8. The molecule has 0 bridgehead atoms. The molecule has 2 N–H and O–H groups in total. The van der Waals surface area contributed by atoms with Gasteiger partial charge in [0, 0.05) is 12.1 Å². The van der Waals surface area contributed by atoms with Gasteiger partial charge in [0.2, 0.25) is 0 Å². The second-order valence-corrected chi connectivity index (χ2v) is 6.03. The third kappa shape index (κ3) is 2.46. The fraction of sp³-hybridized carbons (Fsp3) is 0.455. The summed E-state index contributed by atoms with van der Waals surface area (Å²) in [5.74, 6) is 0.